The molecule has 1 aromatic carbocycles. The number of ether oxygens (including phenoxy) is 1. The van der Waals surface area contributed by atoms with Crippen molar-refractivity contribution in [2.45, 2.75) is 13.8 Å². The molecule has 1 saturated heterocycles. The number of fused-ring (bicyclic) bond motifs is 1. The van der Waals surface area contributed by atoms with Crippen LogP contribution in [0, 0.1) is 13.8 Å². The summed E-state index contributed by atoms with van der Waals surface area (Å²) in [6, 6.07) is 13.8. The topological polar surface area (TPSA) is 88.1 Å². The lowest BCUT2D eigenvalue weighted by Gasteiger charge is -2.28. The minimum absolute atomic E-state index is 0.683. The van der Waals surface area contributed by atoms with Gasteiger partial charge in [0.1, 0.15) is 29.2 Å². The van der Waals surface area contributed by atoms with Crippen molar-refractivity contribution in [3.05, 3.63) is 66.2 Å². The lowest BCUT2D eigenvalue weighted by molar-refractivity contribution is 0.476. The SMILES string of the molecule is Cc1ccc(Oc2ccc(Nc3ncnc4ccc(N5CCNCC5)nc34)cc2C)cn1. The number of nitrogens with one attached hydrogen (secondary N) is 2. The van der Waals surface area contributed by atoms with Gasteiger partial charge < -0.3 is 20.3 Å². The summed E-state index contributed by atoms with van der Waals surface area (Å²) in [7, 11) is 0. The third-order valence-electron chi connectivity index (χ3n) is 5.46. The Kier molecular flexibility index (Phi) is 5.51. The van der Waals surface area contributed by atoms with E-state index >= 15 is 0 Å². The summed E-state index contributed by atoms with van der Waals surface area (Å²) >= 11 is 0. The van der Waals surface area contributed by atoms with Gasteiger partial charge in [0.2, 0.25) is 0 Å². The molecule has 1 fully saturated rings. The molecule has 3 aromatic heterocycles. The Bertz CT molecular complexity index is 1240. The van der Waals surface area contributed by atoms with Gasteiger partial charge in [0.25, 0.3) is 0 Å². The van der Waals surface area contributed by atoms with Crippen LogP contribution < -0.4 is 20.3 Å². The van der Waals surface area contributed by atoms with Crippen molar-refractivity contribution in [2.75, 3.05) is 36.4 Å². The van der Waals surface area contributed by atoms with Crippen LogP contribution in [-0.4, -0.2) is 46.1 Å². The Labute approximate surface area is 186 Å². The minimum Gasteiger partial charge on any atom is -0.455 e. The zero-order chi connectivity index (χ0) is 21.9. The highest BCUT2D eigenvalue weighted by Crippen LogP contribution is 2.29. The summed E-state index contributed by atoms with van der Waals surface area (Å²) in [5.41, 5.74) is 4.44. The molecule has 0 amide bonds. The van der Waals surface area contributed by atoms with Crippen LogP contribution in [0.5, 0.6) is 11.5 Å². The molecule has 32 heavy (non-hydrogen) atoms. The van der Waals surface area contributed by atoms with Crippen LogP contribution >= 0.6 is 0 Å². The van der Waals surface area contributed by atoms with E-state index in [0.29, 0.717) is 11.6 Å². The van der Waals surface area contributed by atoms with Gasteiger partial charge in [-0.1, -0.05) is 0 Å². The fourth-order valence-electron chi connectivity index (χ4n) is 3.71. The van der Waals surface area contributed by atoms with Crippen molar-refractivity contribution >= 4 is 28.4 Å². The van der Waals surface area contributed by atoms with Crippen LogP contribution in [0.25, 0.3) is 11.0 Å². The molecular weight excluding hydrogens is 402 g/mol. The maximum absolute atomic E-state index is 5.98. The first kappa shape index (κ1) is 20.1. The first-order chi connectivity index (χ1) is 15.7. The predicted octanol–water partition coefficient (Wildman–Crippen LogP) is 3.98. The van der Waals surface area contributed by atoms with Gasteiger partial charge in [0.15, 0.2) is 5.82 Å². The smallest absolute Gasteiger partial charge is 0.160 e. The maximum Gasteiger partial charge on any atom is 0.160 e. The number of pyridine rings is 2. The van der Waals surface area contributed by atoms with Crippen LogP contribution in [0.15, 0.2) is 55.0 Å². The number of hydrogen-bond acceptors (Lipinski definition) is 8. The van der Waals surface area contributed by atoms with E-state index in [-0.39, 0.29) is 0 Å². The second-order valence-corrected chi connectivity index (χ2v) is 7.84. The molecule has 162 valence electrons. The number of anilines is 3. The van der Waals surface area contributed by atoms with Crippen LogP contribution in [0.1, 0.15) is 11.3 Å². The molecule has 4 aromatic rings. The molecule has 0 aliphatic carbocycles. The van der Waals surface area contributed by atoms with Crippen molar-refractivity contribution in [3.8, 4) is 11.5 Å². The number of piperazine rings is 1. The second-order valence-electron chi connectivity index (χ2n) is 7.84. The van der Waals surface area contributed by atoms with Crippen LogP contribution in [0.3, 0.4) is 0 Å². The van der Waals surface area contributed by atoms with Gasteiger partial charge in [-0.3, -0.25) is 4.98 Å². The van der Waals surface area contributed by atoms with E-state index in [1.54, 1.807) is 12.5 Å². The maximum atomic E-state index is 5.98. The van der Waals surface area contributed by atoms with Gasteiger partial charge >= 0.3 is 0 Å². The molecular formula is C24H25N7O. The van der Waals surface area contributed by atoms with E-state index in [0.717, 1.165) is 65.7 Å². The van der Waals surface area contributed by atoms with Gasteiger partial charge in [-0.15, -0.1) is 0 Å². The average molecular weight is 428 g/mol. The fraction of sp³-hybridized carbons (Fsp3) is 0.250. The highest BCUT2D eigenvalue weighted by molar-refractivity contribution is 5.88. The highest BCUT2D eigenvalue weighted by Gasteiger charge is 2.14. The highest BCUT2D eigenvalue weighted by atomic mass is 16.5. The molecule has 0 unspecified atom stereocenters. The Hall–Kier alpha value is -3.78. The summed E-state index contributed by atoms with van der Waals surface area (Å²) in [6.45, 7) is 7.76. The zero-order valence-corrected chi connectivity index (χ0v) is 18.2. The molecule has 0 radical (unpaired) electrons. The molecule has 0 atom stereocenters. The lowest BCUT2D eigenvalue weighted by atomic mass is 10.2. The molecule has 4 heterocycles. The Balaban J connectivity index is 1.39. The zero-order valence-electron chi connectivity index (χ0n) is 18.2. The standard InChI is InChI=1S/C24H25N7O/c1-16-13-18(4-7-21(16)32-19-5-3-17(2)26-14-19)29-24-23-20(27-15-28-24)6-8-22(30-23)31-11-9-25-10-12-31/h3-8,13-15,25H,9-12H2,1-2H3,(H,27,28,29). The molecule has 0 spiro atoms. The quantitative estimate of drug-likeness (QED) is 0.494. The van der Waals surface area contributed by atoms with Crippen molar-refractivity contribution in [1.82, 2.24) is 25.3 Å². The molecule has 0 saturated carbocycles. The van der Waals surface area contributed by atoms with Crippen LogP contribution in [-0.2, 0) is 0 Å². The van der Waals surface area contributed by atoms with E-state index < -0.39 is 0 Å². The third-order valence-corrected chi connectivity index (χ3v) is 5.46. The third kappa shape index (κ3) is 4.31. The van der Waals surface area contributed by atoms with Crippen molar-refractivity contribution in [3.63, 3.8) is 0 Å². The van der Waals surface area contributed by atoms with Gasteiger partial charge in [-0.25, -0.2) is 15.0 Å². The van der Waals surface area contributed by atoms with Crippen molar-refractivity contribution in [2.24, 2.45) is 0 Å². The lowest BCUT2D eigenvalue weighted by Crippen LogP contribution is -2.43. The Morgan fingerprint density at radius 3 is 2.62 bits per heavy atom. The van der Waals surface area contributed by atoms with E-state index in [4.69, 9.17) is 9.72 Å². The molecule has 8 nitrogen and oxygen atoms in total. The van der Waals surface area contributed by atoms with Gasteiger partial charge in [-0.05, 0) is 61.9 Å². The molecule has 1 aliphatic rings. The first-order valence-corrected chi connectivity index (χ1v) is 10.7. The number of benzene rings is 1. The van der Waals surface area contributed by atoms with E-state index in [9.17, 15) is 0 Å². The normalized spacial score (nSPS) is 13.9. The Morgan fingerprint density at radius 1 is 0.969 bits per heavy atom. The summed E-state index contributed by atoms with van der Waals surface area (Å²) < 4.78 is 5.98. The van der Waals surface area contributed by atoms with Crippen LogP contribution in [0.2, 0.25) is 0 Å². The van der Waals surface area contributed by atoms with Gasteiger partial charge in [0, 0.05) is 37.6 Å². The summed E-state index contributed by atoms with van der Waals surface area (Å²) in [5.74, 6) is 3.13. The molecule has 8 heteroatoms. The van der Waals surface area contributed by atoms with Gasteiger partial charge in [-0.2, -0.15) is 0 Å². The van der Waals surface area contributed by atoms with E-state index in [1.807, 2.05) is 56.3 Å². The second kappa shape index (κ2) is 8.76. The van der Waals surface area contributed by atoms with Gasteiger partial charge in [0.05, 0.1) is 11.7 Å². The molecule has 1 aliphatic heterocycles. The fourth-order valence-corrected chi connectivity index (χ4v) is 3.71. The van der Waals surface area contributed by atoms with Crippen molar-refractivity contribution in [1.29, 1.82) is 0 Å². The monoisotopic (exact) mass is 427 g/mol. The molecule has 5 rings (SSSR count). The average Bonchev–Trinajstić information content (AvgIpc) is 2.83. The summed E-state index contributed by atoms with van der Waals surface area (Å²) in [5, 5.41) is 6.78. The number of nitrogens with zero attached hydrogens (tertiary/aromatic N) is 5. The minimum atomic E-state index is 0.683. The number of aryl methyl sites for hydroxylation is 2. The largest absolute Gasteiger partial charge is 0.455 e. The van der Waals surface area contributed by atoms with Crippen molar-refractivity contribution < 1.29 is 4.74 Å². The summed E-state index contributed by atoms with van der Waals surface area (Å²) in [4.78, 5) is 20.3. The van der Waals surface area contributed by atoms with E-state index in [2.05, 4.69) is 30.5 Å². The Morgan fingerprint density at radius 2 is 1.84 bits per heavy atom. The molecule has 0 bridgehead atoms. The number of rotatable bonds is 5. The predicted molar refractivity (Wildman–Crippen MR) is 126 cm³/mol. The van der Waals surface area contributed by atoms with Crippen LogP contribution in [0.4, 0.5) is 17.3 Å². The number of aromatic nitrogens is 4. The number of hydrogen-bond donors (Lipinski definition) is 2. The summed E-state index contributed by atoms with van der Waals surface area (Å²) in [6.07, 6.45) is 3.29. The molecule has 2 N–H and O–H groups in total. The first-order valence-electron chi connectivity index (χ1n) is 10.7. The van der Waals surface area contributed by atoms with E-state index in [1.165, 1.54) is 0 Å².